The Bertz CT molecular complexity index is 756. The van der Waals surface area contributed by atoms with Crippen molar-refractivity contribution in [3.63, 3.8) is 0 Å². The van der Waals surface area contributed by atoms with Gasteiger partial charge in [-0.05, 0) is 24.0 Å². The van der Waals surface area contributed by atoms with Gasteiger partial charge in [0.25, 0.3) is 0 Å². The Morgan fingerprint density at radius 2 is 1.13 bits per heavy atom. The summed E-state index contributed by atoms with van der Waals surface area (Å²) in [6, 6.07) is 18.7. The van der Waals surface area contributed by atoms with Gasteiger partial charge in [-0.3, -0.25) is 9.59 Å². The average Bonchev–Trinajstić information content (AvgIpc) is 2.82. The summed E-state index contributed by atoms with van der Waals surface area (Å²) in [5.41, 5.74) is 1.25. The normalized spacial score (nSPS) is 17.5. The first kappa shape index (κ1) is 22.8. The molecule has 2 aromatic rings. The molecule has 2 atom stereocenters. The molecule has 0 radical (unpaired) electrons. The van der Waals surface area contributed by atoms with Gasteiger partial charge in [0, 0.05) is 5.41 Å². The molecule has 4 nitrogen and oxygen atoms in total. The van der Waals surface area contributed by atoms with Crippen molar-refractivity contribution < 1.29 is 19.1 Å². The van der Waals surface area contributed by atoms with Crippen molar-refractivity contribution in [1.82, 2.24) is 0 Å². The summed E-state index contributed by atoms with van der Waals surface area (Å²) < 4.78 is 11.3. The quantitative estimate of drug-likeness (QED) is 0.425. The molecule has 1 fully saturated rings. The molecule has 0 amide bonds. The first-order valence-electron chi connectivity index (χ1n) is 10.3. The number of carbonyl (C=O) groups is 2. The maximum Gasteiger partial charge on any atom is 0.323 e. The molecule has 0 N–H and O–H groups in total. The molecular weight excluding hydrogens is 416 g/mol. The Morgan fingerprint density at radius 1 is 0.733 bits per heavy atom. The zero-order valence-corrected chi connectivity index (χ0v) is 18.7. The van der Waals surface area contributed by atoms with Crippen LogP contribution in [0.1, 0.15) is 53.7 Å². The fourth-order valence-electron chi connectivity index (χ4n) is 3.78. The molecule has 2 unspecified atom stereocenters. The standard InChI is InChI=1S/C24H28O4S2/c25-22(20(29)18-10-4-1-5-11-18)27-16-24(14-8-3-9-15-24)17-28-23(26)21(30)19-12-6-2-7-13-19/h1-2,4-7,10-13,20-21,29-30H,3,8-9,14-17H2. The van der Waals surface area contributed by atoms with Gasteiger partial charge in [0.05, 0.1) is 0 Å². The van der Waals surface area contributed by atoms with Crippen LogP contribution < -0.4 is 0 Å². The van der Waals surface area contributed by atoms with Crippen LogP contribution in [0.5, 0.6) is 0 Å². The second kappa shape index (κ2) is 10.9. The van der Waals surface area contributed by atoms with Gasteiger partial charge < -0.3 is 9.47 Å². The third-order valence-corrected chi connectivity index (χ3v) is 6.65. The lowest BCUT2D eigenvalue weighted by atomic mass is 9.75. The summed E-state index contributed by atoms with van der Waals surface area (Å²) in [6.45, 7) is 0.456. The van der Waals surface area contributed by atoms with Gasteiger partial charge in [-0.1, -0.05) is 79.9 Å². The van der Waals surface area contributed by atoms with Crippen LogP contribution in [-0.2, 0) is 19.1 Å². The minimum atomic E-state index is -0.630. The molecule has 0 aliphatic heterocycles. The highest BCUT2D eigenvalue weighted by atomic mass is 32.1. The lowest BCUT2D eigenvalue weighted by Crippen LogP contribution is -2.37. The van der Waals surface area contributed by atoms with Crippen LogP contribution in [-0.4, -0.2) is 25.2 Å². The SMILES string of the molecule is O=C(OCC1(COC(=O)C(S)c2ccccc2)CCCCC1)C(S)c1ccccc1. The summed E-state index contributed by atoms with van der Waals surface area (Å²) in [6.07, 6.45) is 4.92. The highest BCUT2D eigenvalue weighted by Crippen LogP contribution is 2.38. The van der Waals surface area contributed by atoms with Crippen LogP contribution in [0.2, 0.25) is 0 Å². The van der Waals surface area contributed by atoms with E-state index in [1.54, 1.807) is 0 Å². The van der Waals surface area contributed by atoms with E-state index in [1.165, 1.54) is 0 Å². The van der Waals surface area contributed by atoms with Gasteiger partial charge in [-0.15, -0.1) is 0 Å². The first-order valence-corrected chi connectivity index (χ1v) is 11.3. The largest absolute Gasteiger partial charge is 0.464 e. The fraction of sp³-hybridized carbons (Fsp3) is 0.417. The molecule has 0 bridgehead atoms. The van der Waals surface area contributed by atoms with Crippen molar-refractivity contribution in [3.05, 3.63) is 71.8 Å². The van der Waals surface area contributed by atoms with Crippen molar-refractivity contribution in [2.24, 2.45) is 5.41 Å². The number of carbonyl (C=O) groups excluding carboxylic acids is 2. The van der Waals surface area contributed by atoms with Crippen LogP contribution in [0.25, 0.3) is 0 Å². The Labute approximate surface area is 189 Å². The molecule has 0 aromatic heterocycles. The summed E-state index contributed by atoms with van der Waals surface area (Å²) in [4.78, 5) is 25.1. The fourth-order valence-corrected chi connectivity index (χ4v) is 4.27. The van der Waals surface area contributed by atoms with Gasteiger partial charge in [0.1, 0.15) is 23.7 Å². The highest BCUT2D eigenvalue weighted by Gasteiger charge is 2.36. The second-order valence-corrected chi connectivity index (χ2v) is 8.94. The van der Waals surface area contributed by atoms with Gasteiger partial charge in [0.2, 0.25) is 0 Å². The molecule has 0 saturated heterocycles. The Balaban J connectivity index is 1.59. The smallest absolute Gasteiger partial charge is 0.323 e. The molecule has 160 valence electrons. The van der Waals surface area contributed by atoms with Crippen molar-refractivity contribution in [1.29, 1.82) is 0 Å². The minimum absolute atomic E-state index is 0.228. The first-order chi connectivity index (χ1) is 14.5. The molecule has 30 heavy (non-hydrogen) atoms. The number of hydrogen-bond donors (Lipinski definition) is 2. The molecule has 6 heteroatoms. The van der Waals surface area contributed by atoms with Gasteiger partial charge in [-0.25, -0.2) is 0 Å². The number of rotatable bonds is 8. The zero-order valence-electron chi connectivity index (χ0n) is 16.9. The summed E-state index contributed by atoms with van der Waals surface area (Å²) in [5, 5.41) is -1.26. The van der Waals surface area contributed by atoms with E-state index in [0.29, 0.717) is 0 Å². The van der Waals surface area contributed by atoms with E-state index in [-0.39, 0.29) is 30.6 Å². The van der Waals surface area contributed by atoms with Gasteiger partial charge >= 0.3 is 11.9 Å². The van der Waals surface area contributed by atoms with Crippen LogP contribution in [0, 0.1) is 5.41 Å². The Hall–Kier alpha value is -1.92. The van der Waals surface area contributed by atoms with E-state index in [9.17, 15) is 9.59 Å². The molecular formula is C24H28O4S2. The summed E-state index contributed by atoms with van der Waals surface area (Å²) in [5.74, 6) is -0.755. The molecule has 1 aliphatic carbocycles. The lowest BCUT2D eigenvalue weighted by Gasteiger charge is -2.36. The van der Waals surface area contributed by atoms with Crippen molar-refractivity contribution in [2.75, 3.05) is 13.2 Å². The van der Waals surface area contributed by atoms with E-state index >= 15 is 0 Å². The number of hydrogen-bond acceptors (Lipinski definition) is 6. The van der Waals surface area contributed by atoms with Crippen molar-refractivity contribution in [2.45, 2.75) is 42.6 Å². The molecule has 0 heterocycles. The van der Waals surface area contributed by atoms with E-state index in [0.717, 1.165) is 43.2 Å². The predicted octanol–water partition coefficient (Wildman–Crippen LogP) is 5.37. The maximum atomic E-state index is 12.5. The number of esters is 2. The Kier molecular flexibility index (Phi) is 8.28. The van der Waals surface area contributed by atoms with Crippen LogP contribution in [0.3, 0.4) is 0 Å². The van der Waals surface area contributed by atoms with Crippen molar-refractivity contribution in [3.8, 4) is 0 Å². The molecule has 1 aliphatic rings. The molecule has 3 rings (SSSR count). The average molecular weight is 445 g/mol. The maximum absolute atomic E-state index is 12.5. The predicted molar refractivity (Wildman–Crippen MR) is 124 cm³/mol. The summed E-state index contributed by atoms with van der Waals surface area (Å²) >= 11 is 8.84. The zero-order chi connectivity index (χ0) is 21.4. The van der Waals surface area contributed by atoms with Crippen LogP contribution >= 0.6 is 25.3 Å². The van der Waals surface area contributed by atoms with Gasteiger partial charge in [0.15, 0.2) is 0 Å². The van der Waals surface area contributed by atoms with Gasteiger partial charge in [-0.2, -0.15) is 25.3 Å². The second-order valence-electron chi connectivity index (χ2n) is 7.90. The summed E-state index contributed by atoms with van der Waals surface area (Å²) in [7, 11) is 0. The molecule has 2 aromatic carbocycles. The Morgan fingerprint density at radius 3 is 1.53 bits per heavy atom. The highest BCUT2D eigenvalue weighted by molar-refractivity contribution is 7.81. The van der Waals surface area contributed by atoms with Crippen LogP contribution in [0.15, 0.2) is 60.7 Å². The minimum Gasteiger partial charge on any atom is -0.464 e. The number of ether oxygens (including phenoxy) is 2. The van der Waals surface area contributed by atoms with E-state index in [1.807, 2.05) is 60.7 Å². The number of thiol groups is 2. The third-order valence-electron chi connectivity index (χ3n) is 5.63. The number of benzene rings is 2. The van der Waals surface area contributed by atoms with E-state index in [2.05, 4.69) is 25.3 Å². The topological polar surface area (TPSA) is 52.6 Å². The van der Waals surface area contributed by atoms with E-state index < -0.39 is 10.5 Å². The van der Waals surface area contributed by atoms with E-state index in [4.69, 9.17) is 9.47 Å². The molecule has 1 saturated carbocycles. The monoisotopic (exact) mass is 444 g/mol. The third kappa shape index (κ3) is 6.05. The van der Waals surface area contributed by atoms with Crippen molar-refractivity contribution >= 4 is 37.2 Å². The van der Waals surface area contributed by atoms with Crippen LogP contribution in [0.4, 0.5) is 0 Å². The lowest BCUT2D eigenvalue weighted by molar-refractivity contribution is -0.155. The molecule has 0 spiro atoms.